The lowest BCUT2D eigenvalue weighted by atomic mass is 10.1. The molecule has 2 aromatic rings. The molecule has 25 heavy (non-hydrogen) atoms. The molecule has 0 saturated heterocycles. The number of aliphatic carboxylic acids is 1. The van der Waals surface area contributed by atoms with Crippen LogP contribution in [0.5, 0.6) is 5.75 Å². The second-order valence-corrected chi connectivity index (χ2v) is 6.43. The van der Waals surface area contributed by atoms with Crippen molar-refractivity contribution in [2.24, 2.45) is 0 Å². The number of rotatable bonds is 7. The van der Waals surface area contributed by atoms with E-state index in [1.165, 1.54) is 0 Å². The van der Waals surface area contributed by atoms with Crippen LogP contribution in [0.15, 0.2) is 48.5 Å². The normalized spacial score (nSPS) is 11.4. The van der Waals surface area contributed by atoms with Crippen molar-refractivity contribution in [2.75, 3.05) is 7.11 Å². The second kappa shape index (κ2) is 9.26. The lowest BCUT2D eigenvalue weighted by molar-refractivity contribution is -0.139. The van der Waals surface area contributed by atoms with Crippen LogP contribution in [0.2, 0.25) is 0 Å². The zero-order chi connectivity index (χ0) is 18.2. The maximum absolute atomic E-state index is 11.9. The van der Waals surface area contributed by atoms with E-state index in [-0.39, 0.29) is 13.0 Å². The Kier molecular flexibility index (Phi) is 7.05. The van der Waals surface area contributed by atoms with Gasteiger partial charge in [-0.05, 0) is 45.9 Å². The number of hydrogen-bond acceptors (Lipinski definition) is 4. The molecule has 0 aliphatic heterocycles. The van der Waals surface area contributed by atoms with Gasteiger partial charge in [-0.2, -0.15) is 0 Å². The summed E-state index contributed by atoms with van der Waals surface area (Å²) >= 11 is 2.11. The minimum absolute atomic E-state index is 0.0828. The lowest BCUT2D eigenvalue weighted by Gasteiger charge is -2.15. The van der Waals surface area contributed by atoms with E-state index in [9.17, 15) is 14.7 Å². The van der Waals surface area contributed by atoms with Gasteiger partial charge in [-0.1, -0.05) is 36.4 Å². The quantitative estimate of drug-likeness (QED) is 0.627. The van der Waals surface area contributed by atoms with E-state index in [0.29, 0.717) is 5.75 Å². The van der Waals surface area contributed by atoms with Crippen molar-refractivity contribution >= 4 is 34.7 Å². The summed E-state index contributed by atoms with van der Waals surface area (Å²) in [5.74, 6) is -0.408. The van der Waals surface area contributed by atoms with Gasteiger partial charge in [-0.25, -0.2) is 9.59 Å². The monoisotopic (exact) mass is 455 g/mol. The Labute approximate surface area is 159 Å². The minimum atomic E-state index is -1.12. The number of ether oxygens (including phenoxy) is 2. The summed E-state index contributed by atoms with van der Waals surface area (Å²) in [5, 5.41) is 11.7. The number of nitrogens with one attached hydrogen (secondary N) is 1. The van der Waals surface area contributed by atoms with Crippen molar-refractivity contribution in [3.63, 3.8) is 0 Å². The van der Waals surface area contributed by atoms with Crippen LogP contribution >= 0.6 is 22.6 Å². The van der Waals surface area contributed by atoms with Gasteiger partial charge in [-0.15, -0.1) is 0 Å². The van der Waals surface area contributed by atoms with Gasteiger partial charge in [0.2, 0.25) is 0 Å². The first-order valence-electron chi connectivity index (χ1n) is 7.52. The molecule has 2 N–H and O–H groups in total. The van der Waals surface area contributed by atoms with Gasteiger partial charge in [0, 0.05) is 6.42 Å². The summed E-state index contributed by atoms with van der Waals surface area (Å²) in [6, 6.07) is 13.5. The second-order valence-electron chi connectivity index (χ2n) is 5.27. The van der Waals surface area contributed by atoms with Crippen molar-refractivity contribution in [3.05, 3.63) is 63.2 Å². The number of hydrogen-bond donors (Lipinski definition) is 2. The molecule has 0 spiro atoms. The summed E-state index contributed by atoms with van der Waals surface area (Å²) in [5.41, 5.74) is 1.61. The van der Waals surface area contributed by atoms with Gasteiger partial charge < -0.3 is 19.9 Å². The van der Waals surface area contributed by atoms with Crippen LogP contribution in [0, 0.1) is 3.57 Å². The fourth-order valence-electron chi connectivity index (χ4n) is 2.18. The van der Waals surface area contributed by atoms with Gasteiger partial charge in [0.1, 0.15) is 18.4 Å². The van der Waals surface area contributed by atoms with Crippen LogP contribution in [0.4, 0.5) is 4.79 Å². The van der Waals surface area contributed by atoms with E-state index in [0.717, 1.165) is 14.7 Å². The number of amides is 1. The van der Waals surface area contributed by atoms with Crippen LogP contribution in [0.1, 0.15) is 11.1 Å². The number of methoxy groups -OCH3 is 1. The molecule has 0 heterocycles. The molecule has 2 rings (SSSR count). The first kappa shape index (κ1) is 19.0. The van der Waals surface area contributed by atoms with E-state index in [1.807, 2.05) is 36.4 Å². The van der Waals surface area contributed by atoms with Gasteiger partial charge in [0.25, 0.3) is 0 Å². The summed E-state index contributed by atoms with van der Waals surface area (Å²) in [6.45, 7) is 0.0828. The predicted molar refractivity (Wildman–Crippen MR) is 101 cm³/mol. The SMILES string of the molecule is COc1ccc(C[C@H](NC(=O)OCc2ccccc2)C(=O)O)cc1I. The number of carbonyl (C=O) groups excluding carboxylic acids is 1. The van der Waals surface area contributed by atoms with E-state index in [4.69, 9.17) is 9.47 Å². The molecule has 6 nitrogen and oxygen atoms in total. The Hall–Kier alpha value is -2.29. The van der Waals surface area contributed by atoms with Crippen molar-refractivity contribution < 1.29 is 24.2 Å². The number of carbonyl (C=O) groups is 2. The first-order chi connectivity index (χ1) is 12.0. The van der Waals surface area contributed by atoms with E-state index in [1.54, 1.807) is 19.2 Å². The molecule has 0 saturated carbocycles. The fourth-order valence-corrected chi connectivity index (χ4v) is 2.98. The molecular formula is C18H18INO5. The van der Waals surface area contributed by atoms with E-state index < -0.39 is 18.1 Å². The molecule has 1 amide bonds. The molecule has 0 bridgehead atoms. The molecule has 2 aromatic carbocycles. The lowest BCUT2D eigenvalue weighted by Crippen LogP contribution is -2.42. The van der Waals surface area contributed by atoms with E-state index >= 15 is 0 Å². The fraction of sp³-hybridized carbons (Fsp3) is 0.222. The number of halogens is 1. The number of carboxylic acids is 1. The van der Waals surface area contributed by atoms with Crippen molar-refractivity contribution in [2.45, 2.75) is 19.1 Å². The number of benzene rings is 2. The molecule has 0 radical (unpaired) electrons. The standard InChI is InChI=1S/C18H18INO5/c1-24-16-8-7-13(9-14(16)19)10-15(17(21)22)20-18(23)25-11-12-5-3-2-4-6-12/h2-9,15H,10-11H2,1H3,(H,20,23)(H,21,22)/t15-/m0/s1. The van der Waals surface area contributed by atoms with E-state index in [2.05, 4.69) is 27.9 Å². The minimum Gasteiger partial charge on any atom is -0.496 e. The molecule has 0 unspecified atom stereocenters. The molecule has 0 aliphatic carbocycles. The molecular weight excluding hydrogens is 437 g/mol. The third-order valence-electron chi connectivity index (χ3n) is 3.46. The molecule has 0 aromatic heterocycles. The Morgan fingerprint density at radius 3 is 2.48 bits per heavy atom. The highest BCUT2D eigenvalue weighted by molar-refractivity contribution is 14.1. The smallest absolute Gasteiger partial charge is 0.408 e. The van der Waals surface area contributed by atoms with Crippen LogP contribution in [0.25, 0.3) is 0 Å². The topological polar surface area (TPSA) is 84.9 Å². The van der Waals surface area contributed by atoms with Gasteiger partial charge >= 0.3 is 12.1 Å². The van der Waals surface area contributed by atoms with Crippen LogP contribution in [0.3, 0.4) is 0 Å². The molecule has 0 fully saturated rings. The number of alkyl carbamates (subject to hydrolysis) is 1. The Balaban J connectivity index is 1.95. The Bertz CT molecular complexity index is 736. The zero-order valence-electron chi connectivity index (χ0n) is 13.6. The highest BCUT2D eigenvalue weighted by Crippen LogP contribution is 2.22. The average molecular weight is 455 g/mol. The third-order valence-corrected chi connectivity index (χ3v) is 4.30. The van der Waals surface area contributed by atoms with Crippen LogP contribution in [-0.4, -0.2) is 30.3 Å². The molecule has 132 valence electrons. The molecule has 1 atom stereocenters. The first-order valence-corrected chi connectivity index (χ1v) is 8.60. The van der Waals surface area contributed by atoms with Gasteiger partial charge in [0.15, 0.2) is 0 Å². The molecule has 0 aliphatic rings. The summed E-state index contributed by atoms with van der Waals surface area (Å²) in [4.78, 5) is 23.3. The molecule has 7 heteroatoms. The third kappa shape index (κ3) is 5.93. The van der Waals surface area contributed by atoms with Gasteiger partial charge in [-0.3, -0.25) is 0 Å². The predicted octanol–water partition coefficient (Wildman–Crippen LogP) is 3.22. The van der Waals surface area contributed by atoms with Crippen molar-refractivity contribution in [1.82, 2.24) is 5.32 Å². The maximum atomic E-state index is 11.9. The largest absolute Gasteiger partial charge is 0.496 e. The van der Waals surface area contributed by atoms with Crippen molar-refractivity contribution in [1.29, 1.82) is 0 Å². The van der Waals surface area contributed by atoms with Crippen LogP contribution < -0.4 is 10.1 Å². The highest BCUT2D eigenvalue weighted by atomic mass is 127. The van der Waals surface area contributed by atoms with Crippen molar-refractivity contribution in [3.8, 4) is 5.75 Å². The summed E-state index contributed by atoms with van der Waals surface area (Å²) < 4.78 is 11.1. The zero-order valence-corrected chi connectivity index (χ0v) is 15.7. The summed E-state index contributed by atoms with van der Waals surface area (Å²) in [7, 11) is 1.57. The Morgan fingerprint density at radius 1 is 1.16 bits per heavy atom. The highest BCUT2D eigenvalue weighted by Gasteiger charge is 2.21. The summed E-state index contributed by atoms with van der Waals surface area (Å²) in [6.07, 6.45) is -0.616. The van der Waals surface area contributed by atoms with Gasteiger partial charge in [0.05, 0.1) is 10.7 Å². The Morgan fingerprint density at radius 2 is 1.88 bits per heavy atom. The number of carboxylic acid groups (broad SMARTS) is 1. The van der Waals surface area contributed by atoms with Crippen LogP contribution in [-0.2, 0) is 22.6 Å². The average Bonchev–Trinajstić information content (AvgIpc) is 2.60. The maximum Gasteiger partial charge on any atom is 0.408 e.